The highest BCUT2D eigenvalue weighted by Gasteiger charge is 2.46. The molecule has 24 heteroatoms. The normalized spacial score (nSPS) is 24.6. The molecule has 0 aliphatic carbocycles. The number of carboxylic acids is 1. The lowest BCUT2D eigenvalue weighted by Gasteiger charge is -2.43. The molecule has 2 aliphatic heterocycles. The summed E-state index contributed by atoms with van der Waals surface area (Å²) in [6.07, 6.45) is -4.62. The molecule has 23 nitrogen and oxygen atoms in total. The second-order valence-electron chi connectivity index (χ2n) is 17.7. The fourth-order valence-electron chi connectivity index (χ4n) is 8.22. The van der Waals surface area contributed by atoms with Crippen LogP contribution in [0.3, 0.4) is 0 Å². The number of aliphatic imine (C=N–C) groups is 1. The Bertz CT molecular complexity index is 2300. The van der Waals surface area contributed by atoms with E-state index in [1.54, 1.807) is 44.2 Å². The first-order valence-electron chi connectivity index (χ1n) is 23.3. The van der Waals surface area contributed by atoms with Gasteiger partial charge < -0.3 is 67.9 Å². The Morgan fingerprint density at radius 3 is 2.23 bits per heavy atom. The molecular weight excluding hydrogens is 948 g/mol. The van der Waals surface area contributed by atoms with Crippen LogP contribution in [0.25, 0.3) is 0 Å². The molecule has 2 aromatic rings. The van der Waals surface area contributed by atoms with E-state index in [-0.39, 0.29) is 68.2 Å². The van der Waals surface area contributed by atoms with Crippen molar-refractivity contribution in [3.8, 4) is 5.75 Å². The Balaban J connectivity index is 1.92. The zero-order valence-corrected chi connectivity index (χ0v) is 41.0. The molecule has 2 aromatic carbocycles. The van der Waals surface area contributed by atoms with Gasteiger partial charge in [-0.15, -0.1) is 0 Å². The van der Waals surface area contributed by atoms with Crippen molar-refractivity contribution in [1.29, 1.82) is 0 Å². The molecule has 12 N–H and O–H groups in total. The molecule has 7 amide bonds. The van der Waals surface area contributed by atoms with Crippen molar-refractivity contribution in [3.05, 3.63) is 64.7 Å². The number of halogens is 1. The summed E-state index contributed by atoms with van der Waals surface area (Å²) < 4.78 is 5.86. The van der Waals surface area contributed by atoms with Crippen LogP contribution in [-0.2, 0) is 60.7 Å². The summed E-state index contributed by atoms with van der Waals surface area (Å²) in [6.45, 7) is 5.68. The molecule has 0 saturated carbocycles. The Morgan fingerprint density at radius 2 is 1.61 bits per heavy atom. The van der Waals surface area contributed by atoms with Crippen LogP contribution in [0.2, 0.25) is 5.02 Å². The van der Waals surface area contributed by atoms with Crippen LogP contribution in [-0.4, -0.2) is 153 Å². The number of nitrogens with zero attached hydrogens (tertiary/aromatic N) is 3. The van der Waals surface area contributed by atoms with Gasteiger partial charge in [0.2, 0.25) is 41.4 Å². The quantitative estimate of drug-likeness (QED) is 0.0431. The predicted molar refractivity (Wildman–Crippen MR) is 257 cm³/mol. The number of phenolic OH excluding ortho intramolecular Hbond substituents is 1. The first kappa shape index (κ1) is 56.6. The van der Waals surface area contributed by atoms with E-state index >= 15 is 4.79 Å². The third-order valence-electron chi connectivity index (χ3n) is 12.4. The standard InChI is InChI=1S/C47H65ClN10O13/c1-6-24(2)38-46(70)71-25(3)39(56-41(65)31(52-26(4)59)16-19-37(62)63)43(67)53-30(13-10-20-51-47(49)50)40(64)54-32-15-18-36(61)58(44(32)68)34(22-27-11-8-7-9-12-27)45(69)57(5)33(42(66)55-38)23-28-14-17-35(60)29(48)21-28/h7-9,11-12,14,17,21,24-25,30-34,36,38-39,60-61H,6,10,13,15-16,18-20,22-23H2,1-5H3,(H,52,59)(H,53,67)(H,54,64)(H,55,66)(H,56,65)(H,62,63)(H4,49,50,51)/t24-,25+,30+,31-,32+,33+,34+,36-,38+,39+/m1/s1. The van der Waals surface area contributed by atoms with E-state index in [4.69, 9.17) is 27.8 Å². The van der Waals surface area contributed by atoms with Gasteiger partial charge >= 0.3 is 11.9 Å². The molecule has 2 aliphatic rings. The molecule has 2 saturated heterocycles. The van der Waals surface area contributed by atoms with Gasteiger partial charge in [0.1, 0.15) is 60.4 Å². The number of phenols is 1. The number of ether oxygens (including phenoxy) is 1. The molecule has 2 bridgehead atoms. The van der Waals surface area contributed by atoms with E-state index in [9.17, 15) is 53.7 Å². The molecule has 71 heavy (non-hydrogen) atoms. The maximum absolute atomic E-state index is 15.1. The van der Waals surface area contributed by atoms with Gasteiger partial charge in [0.25, 0.3) is 0 Å². The minimum atomic E-state index is -1.85. The molecular formula is C47H65ClN10O13. The number of guanidine groups is 1. The summed E-state index contributed by atoms with van der Waals surface area (Å²) in [5.74, 6) is -9.90. The minimum Gasteiger partial charge on any atom is -0.506 e. The highest BCUT2D eigenvalue weighted by Crippen LogP contribution is 2.28. The third-order valence-corrected chi connectivity index (χ3v) is 12.7. The van der Waals surface area contributed by atoms with Crippen molar-refractivity contribution < 1.29 is 63.2 Å². The highest BCUT2D eigenvalue weighted by atomic mass is 35.5. The fourth-order valence-corrected chi connectivity index (χ4v) is 8.42. The number of likely N-dealkylation sites (N-methyl/N-ethyl adjacent to an activating group) is 1. The number of carboxylic acid groups (broad SMARTS) is 1. The molecule has 0 unspecified atom stereocenters. The lowest BCUT2D eigenvalue weighted by Crippen LogP contribution is -2.65. The fraction of sp³-hybridized carbons (Fsp3) is 0.532. The van der Waals surface area contributed by atoms with Gasteiger partial charge in [-0.1, -0.05) is 68.3 Å². The number of aliphatic hydroxyl groups excluding tert-OH is 1. The number of piperidine rings is 1. The number of aromatic hydroxyl groups is 1. The molecule has 10 atom stereocenters. The highest BCUT2D eigenvalue weighted by molar-refractivity contribution is 6.32. The first-order valence-corrected chi connectivity index (χ1v) is 23.6. The topological polar surface area (TPSA) is 355 Å². The number of cyclic esters (lactones) is 1. The Labute approximate surface area is 415 Å². The van der Waals surface area contributed by atoms with E-state index in [2.05, 4.69) is 31.6 Å². The summed E-state index contributed by atoms with van der Waals surface area (Å²) in [6, 6.07) is 2.06. The number of aliphatic carboxylic acids is 1. The van der Waals surface area contributed by atoms with Gasteiger partial charge in [0.05, 0.1) is 5.02 Å². The van der Waals surface area contributed by atoms with Crippen LogP contribution in [0.5, 0.6) is 5.75 Å². The first-order chi connectivity index (χ1) is 33.5. The van der Waals surface area contributed by atoms with Crippen LogP contribution >= 0.6 is 11.6 Å². The second-order valence-corrected chi connectivity index (χ2v) is 18.1. The van der Waals surface area contributed by atoms with Gasteiger partial charge in [-0.25, -0.2) is 4.79 Å². The van der Waals surface area contributed by atoms with Crippen LogP contribution in [0.4, 0.5) is 0 Å². The number of fused-ring (bicyclic) bond motifs is 2. The number of esters is 1. The van der Waals surface area contributed by atoms with Gasteiger partial charge in [0.15, 0.2) is 5.96 Å². The lowest BCUT2D eigenvalue weighted by molar-refractivity contribution is -0.165. The van der Waals surface area contributed by atoms with E-state index in [1.807, 2.05) is 0 Å². The SMILES string of the molecule is CC[C@@H](C)[C@@H]1NC(=O)[C@H](Cc2ccc(O)c(Cl)c2)N(C)C(=O)[C@H](Cc2ccccc2)N2C(=O)[C@H](CC[C@H]2O)NC(=O)[C@H](CCCN=C(N)N)NC(=O)[C@@H](NC(=O)[C@@H](CCC(=O)O)NC(C)=O)[C@H](C)OC1=O. The van der Waals surface area contributed by atoms with E-state index in [1.165, 1.54) is 32.2 Å². The summed E-state index contributed by atoms with van der Waals surface area (Å²) in [7, 11) is 1.32. The number of amides is 7. The Hall–Kier alpha value is -7.01. The molecule has 0 spiro atoms. The average Bonchev–Trinajstić information content (AvgIpc) is 3.31. The number of carbonyl (C=O) groups excluding carboxylic acids is 8. The van der Waals surface area contributed by atoms with E-state index in [0.29, 0.717) is 11.1 Å². The molecule has 0 radical (unpaired) electrons. The van der Waals surface area contributed by atoms with Crippen LogP contribution in [0.1, 0.15) is 83.8 Å². The summed E-state index contributed by atoms with van der Waals surface area (Å²) in [5, 5.41) is 43.8. The van der Waals surface area contributed by atoms with Crippen molar-refractivity contribution in [1.82, 2.24) is 36.4 Å². The molecule has 388 valence electrons. The Morgan fingerprint density at radius 1 is 0.930 bits per heavy atom. The zero-order chi connectivity index (χ0) is 52.7. The van der Waals surface area contributed by atoms with Gasteiger partial charge in [0, 0.05) is 39.8 Å². The number of benzene rings is 2. The summed E-state index contributed by atoms with van der Waals surface area (Å²) in [4.78, 5) is 131. The average molecular weight is 1010 g/mol. The van der Waals surface area contributed by atoms with Crippen molar-refractivity contribution in [2.45, 2.75) is 140 Å². The number of carbonyl (C=O) groups is 9. The van der Waals surface area contributed by atoms with Crippen LogP contribution < -0.4 is 38.1 Å². The molecule has 2 fully saturated rings. The van der Waals surface area contributed by atoms with Crippen molar-refractivity contribution in [2.75, 3.05) is 13.6 Å². The molecule has 2 heterocycles. The van der Waals surface area contributed by atoms with Crippen LogP contribution in [0.15, 0.2) is 53.5 Å². The second kappa shape index (κ2) is 26.3. The minimum absolute atomic E-state index is 0.0131. The molecule has 0 aromatic heterocycles. The van der Waals surface area contributed by atoms with Crippen molar-refractivity contribution >= 4 is 70.8 Å². The van der Waals surface area contributed by atoms with E-state index < -0.39 is 127 Å². The zero-order valence-electron chi connectivity index (χ0n) is 40.3. The number of hydrogen-bond donors (Lipinski definition) is 10. The van der Waals surface area contributed by atoms with Gasteiger partial charge in [-0.3, -0.25) is 43.3 Å². The number of nitrogens with one attached hydrogen (secondary N) is 5. The maximum Gasteiger partial charge on any atom is 0.329 e. The monoisotopic (exact) mass is 1010 g/mol. The summed E-state index contributed by atoms with van der Waals surface area (Å²) in [5.41, 5.74) is 12.0. The Kier molecular flexibility index (Phi) is 20.9. The van der Waals surface area contributed by atoms with Crippen molar-refractivity contribution in [3.63, 3.8) is 0 Å². The third kappa shape index (κ3) is 16.0. The maximum atomic E-state index is 15.1. The van der Waals surface area contributed by atoms with Gasteiger partial charge in [-0.05, 0) is 68.2 Å². The van der Waals surface area contributed by atoms with Crippen molar-refractivity contribution in [2.24, 2.45) is 22.4 Å². The predicted octanol–water partition coefficient (Wildman–Crippen LogP) is -0.679. The number of hydrogen-bond acceptors (Lipinski definition) is 13. The number of nitrogens with two attached hydrogens (primary N) is 2. The number of aliphatic hydroxyl groups is 1. The largest absolute Gasteiger partial charge is 0.506 e. The van der Waals surface area contributed by atoms with Crippen LogP contribution in [0, 0.1) is 5.92 Å². The molecule has 4 rings (SSSR count). The van der Waals surface area contributed by atoms with Gasteiger partial charge in [-0.2, -0.15) is 0 Å². The van der Waals surface area contributed by atoms with E-state index in [0.717, 1.165) is 16.7 Å². The number of rotatable bonds is 16. The smallest absolute Gasteiger partial charge is 0.329 e. The lowest BCUT2D eigenvalue weighted by atomic mass is 9.95. The summed E-state index contributed by atoms with van der Waals surface area (Å²) >= 11 is 6.28.